The topological polar surface area (TPSA) is 87.7 Å². The molecule has 1 heterocycles. The lowest BCUT2D eigenvalue weighted by atomic mass is 10.3. The van der Waals surface area contributed by atoms with Gasteiger partial charge < -0.3 is 20.3 Å². The first kappa shape index (κ1) is 16.4. The van der Waals surface area contributed by atoms with E-state index in [2.05, 4.69) is 10.6 Å². The highest BCUT2D eigenvalue weighted by atomic mass is 16.5. The van der Waals surface area contributed by atoms with Crippen LogP contribution in [-0.2, 0) is 19.1 Å². The number of hydrogen-bond acceptors (Lipinski definition) is 4. The molecule has 0 spiro atoms. The first-order valence-corrected chi connectivity index (χ1v) is 6.98. The van der Waals surface area contributed by atoms with Gasteiger partial charge in [-0.2, -0.15) is 0 Å². The Hall–Kier alpha value is -1.63. The molecule has 0 aromatic rings. The van der Waals surface area contributed by atoms with Crippen molar-refractivity contribution in [2.75, 3.05) is 39.9 Å². The normalized spacial score (nSPS) is 14.4. The Labute approximate surface area is 119 Å². The summed E-state index contributed by atoms with van der Waals surface area (Å²) in [7, 11) is 1.58. The van der Waals surface area contributed by atoms with Gasteiger partial charge in [-0.25, -0.2) is 0 Å². The van der Waals surface area contributed by atoms with Gasteiger partial charge in [0.2, 0.25) is 5.91 Å². The molecule has 0 aromatic heterocycles. The lowest BCUT2D eigenvalue weighted by molar-refractivity contribution is -0.139. The zero-order valence-electron chi connectivity index (χ0n) is 11.9. The minimum Gasteiger partial charge on any atom is -0.385 e. The molecule has 7 heteroatoms. The van der Waals surface area contributed by atoms with Gasteiger partial charge in [-0.15, -0.1) is 0 Å². The van der Waals surface area contributed by atoms with Gasteiger partial charge in [-0.05, 0) is 19.3 Å². The number of amides is 3. The van der Waals surface area contributed by atoms with Crippen LogP contribution in [0.25, 0.3) is 0 Å². The zero-order chi connectivity index (χ0) is 14.8. The Morgan fingerprint density at radius 1 is 1.20 bits per heavy atom. The molecule has 1 aliphatic heterocycles. The maximum absolute atomic E-state index is 11.4. The molecular formula is C13H23N3O4. The van der Waals surface area contributed by atoms with Crippen LogP contribution in [0.4, 0.5) is 0 Å². The molecule has 7 nitrogen and oxygen atoms in total. The van der Waals surface area contributed by atoms with Gasteiger partial charge in [0, 0.05) is 46.3 Å². The SMILES string of the molecule is COCCCNC(=O)C(=O)NCCCN1CCCC1=O. The van der Waals surface area contributed by atoms with Crippen molar-refractivity contribution >= 4 is 17.7 Å². The van der Waals surface area contributed by atoms with Crippen LogP contribution in [0.5, 0.6) is 0 Å². The molecule has 0 unspecified atom stereocenters. The molecular weight excluding hydrogens is 262 g/mol. The predicted octanol–water partition coefficient (Wildman–Crippen LogP) is -0.732. The van der Waals surface area contributed by atoms with Gasteiger partial charge in [0.1, 0.15) is 0 Å². The monoisotopic (exact) mass is 285 g/mol. The molecule has 114 valence electrons. The van der Waals surface area contributed by atoms with Crippen LogP contribution < -0.4 is 10.6 Å². The molecule has 0 aromatic carbocycles. The van der Waals surface area contributed by atoms with E-state index in [9.17, 15) is 14.4 Å². The summed E-state index contributed by atoms with van der Waals surface area (Å²) in [6.45, 7) is 2.80. The van der Waals surface area contributed by atoms with Crippen LogP contribution in [0.3, 0.4) is 0 Å². The summed E-state index contributed by atoms with van der Waals surface area (Å²) >= 11 is 0. The quantitative estimate of drug-likeness (QED) is 0.454. The Morgan fingerprint density at radius 2 is 1.85 bits per heavy atom. The van der Waals surface area contributed by atoms with Gasteiger partial charge in [0.05, 0.1) is 0 Å². The van der Waals surface area contributed by atoms with Crippen molar-refractivity contribution in [3.8, 4) is 0 Å². The Kier molecular flexibility index (Phi) is 7.64. The maximum atomic E-state index is 11.4. The van der Waals surface area contributed by atoms with E-state index in [0.29, 0.717) is 45.5 Å². The third-order valence-electron chi connectivity index (χ3n) is 3.08. The number of hydrogen-bond donors (Lipinski definition) is 2. The van der Waals surface area contributed by atoms with E-state index in [1.54, 1.807) is 12.0 Å². The van der Waals surface area contributed by atoms with Crippen molar-refractivity contribution in [2.45, 2.75) is 25.7 Å². The second-order valence-electron chi connectivity index (χ2n) is 4.70. The molecule has 20 heavy (non-hydrogen) atoms. The van der Waals surface area contributed by atoms with Crippen molar-refractivity contribution in [2.24, 2.45) is 0 Å². The number of nitrogens with one attached hydrogen (secondary N) is 2. The minimum absolute atomic E-state index is 0.173. The van der Waals surface area contributed by atoms with E-state index in [-0.39, 0.29) is 5.91 Å². The van der Waals surface area contributed by atoms with E-state index >= 15 is 0 Å². The van der Waals surface area contributed by atoms with Gasteiger partial charge in [-0.1, -0.05) is 0 Å². The van der Waals surface area contributed by atoms with Crippen LogP contribution in [0.1, 0.15) is 25.7 Å². The first-order valence-electron chi connectivity index (χ1n) is 6.98. The Bertz CT molecular complexity index is 347. The molecule has 2 N–H and O–H groups in total. The van der Waals surface area contributed by atoms with Gasteiger partial charge in [0.25, 0.3) is 0 Å². The van der Waals surface area contributed by atoms with Crippen LogP contribution >= 0.6 is 0 Å². The molecule has 0 bridgehead atoms. The predicted molar refractivity (Wildman–Crippen MR) is 72.9 cm³/mol. The Morgan fingerprint density at radius 3 is 2.40 bits per heavy atom. The molecule has 3 amide bonds. The maximum Gasteiger partial charge on any atom is 0.309 e. The summed E-state index contributed by atoms with van der Waals surface area (Å²) in [6.07, 6.45) is 2.87. The van der Waals surface area contributed by atoms with Gasteiger partial charge >= 0.3 is 11.8 Å². The van der Waals surface area contributed by atoms with E-state index < -0.39 is 11.8 Å². The molecule has 1 saturated heterocycles. The summed E-state index contributed by atoms with van der Waals surface area (Å²) in [5.74, 6) is -1.08. The highest BCUT2D eigenvalue weighted by molar-refractivity contribution is 6.35. The third-order valence-corrected chi connectivity index (χ3v) is 3.08. The largest absolute Gasteiger partial charge is 0.385 e. The third kappa shape index (κ3) is 6.01. The number of likely N-dealkylation sites (tertiary alicyclic amines) is 1. The van der Waals surface area contributed by atoms with Crippen LogP contribution in [-0.4, -0.2) is 62.5 Å². The van der Waals surface area contributed by atoms with Crippen molar-refractivity contribution in [3.05, 3.63) is 0 Å². The highest BCUT2D eigenvalue weighted by Gasteiger charge is 2.19. The lowest BCUT2D eigenvalue weighted by Crippen LogP contribution is -2.41. The minimum atomic E-state index is -0.629. The fourth-order valence-corrected chi connectivity index (χ4v) is 1.99. The van der Waals surface area contributed by atoms with Crippen LogP contribution in [0.2, 0.25) is 0 Å². The fraction of sp³-hybridized carbons (Fsp3) is 0.769. The fourth-order valence-electron chi connectivity index (χ4n) is 1.99. The summed E-state index contributed by atoms with van der Waals surface area (Å²) in [4.78, 5) is 35.9. The number of carbonyl (C=O) groups excluding carboxylic acids is 3. The standard InChI is InChI=1S/C13H23N3O4/c1-20-10-4-7-15-13(19)12(18)14-6-3-9-16-8-2-5-11(16)17/h2-10H2,1H3,(H,14,18)(H,15,19). The van der Waals surface area contributed by atoms with Gasteiger partial charge in [-0.3, -0.25) is 14.4 Å². The number of methoxy groups -OCH3 is 1. The average Bonchev–Trinajstić information content (AvgIpc) is 2.84. The smallest absolute Gasteiger partial charge is 0.309 e. The van der Waals surface area contributed by atoms with Crippen LogP contribution in [0, 0.1) is 0 Å². The summed E-state index contributed by atoms with van der Waals surface area (Å²) < 4.78 is 4.84. The summed E-state index contributed by atoms with van der Waals surface area (Å²) in [5, 5.41) is 5.05. The molecule has 1 fully saturated rings. The van der Waals surface area contributed by atoms with Crippen LogP contribution in [0.15, 0.2) is 0 Å². The molecule has 0 aliphatic carbocycles. The number of ether oxygens (including phenoxy) is 1. The van der Waals surface area contributed by atoms with E-state index in [4.69, 9.17) is 4.74 Å². The summed E-state index contributed by atoms with van der Waals surface area (Å²) in [6, 6.07) is 0. The lowest BCUT2D eigenvalue weighted by Gasteiger charge is -2.15. The molecule has 0 saturated carbocycles. The van der Waals surface area contributed by atoms with E-state index in [1.165, 1.54) is 0 Å². The van der Waals surface area contributed by atoms with Crippen molar-refractivity contribution in [1.29, 1.82) is 0 Å². The summed E-state index contributed by atoms with van der Waals surface area (Å²) in [5.41, 5.74) is 0. The second kappa shape index (κ2) is 9.30. The van der Waals surface area contributed by atoms with E-state index in [1.807, 2.05) is 0 Å². The molecule has 0 radical (unpaired) electrons. The highest BCUT2D eigenvalue weighted by Crippen LogP contribution is 2.09. The molecule has 1 aliphatic rings. The molecule has 0 atom stereocenters. The number of carbonyl (C=O) groups is 3. The second-order valence-corrected chi connectivity index (χ2v) is 4.70. The van der Waals surface area contributed by atoms with Crippen molar-refractivity contribution < 1.29 is 19.1 Å². The average molecular weight is 285 g/mol. The van der Waals surface area contributed by atoms with Gasteiger partial charge in [0.15, 0.2) is 0 Å². The molecule has 1 rings (SSSR count). The van der Waals surface area contributed by atoms with E-state index in [0.717, 1.165) is 13.0 Å². The Balaban J connectivity index is 2.04. The zero-order valence-corrected chi connectivity index (χ0v) is 11.9. The van der Waals surface area contributed by atoms with Crippen molar-refractivity contribution in [1.82, 2.24) is 15.5 Å². The number of rotatable bonds is 8. The first-order chi connectivity index (χ1) is 9.65. The number of nitrogens with zero attached hydrogens (tertiary/aromatic N) is 1. The van der Waals surface area contributed by atoms with Crippen molar-refractivity contribution in [3.63, 3.8) is 0 Å².